The second-order valence-corrected chi connectivity index (χ2v) is 6.47. The molecule has 3 aromatic rings. The van der Waals surface area contributed by atoms with Crippen LogP contribution in [0.5, 0.6) is 0 Å². The van der Waals surface area contributed by atoms with Gasteiger partial charge in [-0.2, -0.15) is 5.10 Å². The first-order chi connectivity index (χ1) is 11.6. The van der Waals surface area contributed by atoms with Crippen LogP contribution in [-0.2, 0) is 17.9 Å². The molecule has 2 aromatic heterocycles. The van der Waals surface area contributed by atoms with Crippen molar-refractivity contribution in [2.45, 2.75) is 19.5 Å². The lowest BCUT2D eigenvalue weighted by atomic mass is 10.2. The number of anilines is 1. The van der Waals surface area contributed by atoms with E-state index >= 15 is 0 Å². The lowest BCUT2D eigenvalue weighted by Crippen LogP contribution is -2.16. The van der Waals surface area contributed by atoms with Crippen molar-refractivity contribution in [3.05, 3.63) is 58.0 Å². The summed E-state index contributed by atoms with van der Waals surface area (Å²) in [4.78, 5) is 16.0. The zero-order chi connectivity index (χ0) is 16.9. The second kappa shape index (κ2) is 7.59. The number of aryl methyl sites for hydroxylation is 1. The summed E-state index contributed by atoms with van der Waals surface area (Å²) < 4.78 is 4.21. The average Bonchev–Trinajstić information content (AvgIpc) is 3.14. The minimum atomic E-state index is -0.165. The predicted octanol–water partition coefficient (Wildman–Crippen LogP) is 2.97. The summed E-state index contributed by atoms with van der Waals surface area (Å²) in [6.45, 7) is 1.02. The number of halogens is 2. The SMILES string of the molecule is O=C(CCn1cc(Br)cn1)Nc1ncn(Cc2cccc(Cl)c2)n1. The van der Waals surface area contributed by atoms with Gasteiger partial charge in [0.25, 0.3) is 0 Å². The molecule has 7 nitrogen and oxygen atoms in total. The number of nitrogens with one attached hydrogen (secondary N) is 1. The van der Waals surface area contributed by atoms with Crippen molar-refractivity contribution < 1.29 is 4.79 Å². The zero-order valence-electron chi connectivity index (χ0n) is 12.6. The van der Waals surface area contributed by atoms with Crippen molar-refractivity contribution in [1.82, 2.24) is 24.5 Å². The molecule has 0 aliphatic carbocycles. The molecular formula is C15H14BrClN6O. The number of rotatable bonds is 6. The molecule has 0 aliphatic heterocycles. The smallest absolute Gasteiger partial charge is 0.248 e. The average molecular weight is 410 g/mol. The van der Waals surface area contributed by atoms with Gasteiger partial charge in [0.15, 0.2) is 0 Å². The largest absolute Gasteiger partial charge is 0.293 e. The van der Waals surface area contributed by atoms with Gasteiger partial charge in [0.05, 0.1) is 17.2 Å². The number of nitrogens with zero attached hydrogens (tertiary/aromatic N) is 5. The third kappa shape index (κ3) is 4.65. The zero-order valence-corrected chi connectivity index (χ0v) is 14.9. The van der Waals surface area contributed by atoms with Crippen LogP contribution in [0.2, 0.25) is 5.02 Å². The first-order valence-corrected chi connectivity index (χ1v) is 8.37. The van der Waals surface area contributed by atoms with E-state index in [1.165, 1.54) is 0 Å². The Morgan fingerprint density at radius 1 is 1.33 bits per heavy atom. The van der Waals surface area contributed by atoms with Crippen LogP contribution in [-0.4, -0.2) is 30.5 Å². The number of aromatic nitrogens is 5. The van der Waals surface area contributed by atoms with Crippen LogP contribution in [0.25, 0.3) is 0 Å². The van der Waals surface area contributed by atoms with E-state index < -0.39 is 0 Å². The van der Waals surface area contributed by atoms with E-state index in [0.717, 1.165) is 10.0 Å². The molecule has 0 aliphatic rings. The molecule has 0 radical (unpaired) electrons. The summed E-state index contributed by atoms with van der Waals surface area (Å²) in [7, 11) is 0. The Bertz CT molecular complexity index is 846. The van der Waals surface area contributed by atoms with Crippen molar-refractivity contribution >= 4 is 39.4 Å². The first kappa shape index (κ1) is 16.7. The Kier molecular flexibility index (Phi) is 5.27. The highest BCUT2D eigenvalue weighted by Gasteiger charge is 2.08. The van der Waals surface area contributed by atoms with E-state index in [2.05, 4.69) is 36.4 Å². The Labute approximate surface area is 151 Å². The van der Waals surface area contributed by atoms with Crippen molar-refractivity contribution in [2.75, 3.05) is 5.32 Å². The van der Waals surface area contributed by atoms with E-state index in [1.54, 1.807) is 21.9 Å². The van der Waals surface area contributed by atoms with Gasteiger partial charge in [0.1, 0.15) is 6.33 Å². The summed E-state index contributed by atoms with van der Waals surface area (Å²) >= 11 is 9.27. The van der Waals surface area contributed by atoms with Gasteiger partial charge in [-0.1, -0.05) is 23.7 Å². The maximum Gasteiger partial charge on any atom is 0.248 e. The Morgan fingerprint density at radius 3 is 2.96 bits per heavy atom. The molecule has 0 atom stereocenters. The van der Waals surface area contributed by atoms with Gasteiger partial charge in [-0.3, -0.25) is 14.8 Å². The molecule has 1 aromatic carbocycles. The highest BCUT2D eigenvalue weighted by atomic mass is 79.9. The van der Waals surface area contributed by atoms with Gasteiger partial charge in [0, 0.05) is 24.2 Å². The van der Waals surface area contributed by atoms with Crippen LogP contribution >= 0.6 is 27.5 Å². The summed E-state index contributed by atoms with van der Waals surface area (Å²) in [5.74, 6) is 0.116. The molecule has 0 saturated heterocycles. The fourth-order valence-electron chi connectivity index (χ4n) is 2.11. The Hall–Kier alpha value is -2.19. The van der Waals surface area contributed by atoms with Crippen molar-refractivity contribution in [1.29, 1.82) is 0 Å². The minimum Gasteiger partial charge on any atom is -0.293 e. The van der Waals surface area contributed by atoms with Gasteiger partial charge in [-0.25, -0.2) is 9.67 Å². The monoisotopic (exact) mass is 408 g/mol. The summed E-state index contributed by atoms with van der Waals surface area (Å²) in [5, 5.41) is 11.7. The molecule has 0 unspecified atom stereocenters. The number of benzene rings is 1. The maximum atomic E-state index is 11.9. The standard InChI is InChI=1S/C15H14BrClN6O/c16-12-7-19-22(9-12)5-4-14(24)20-15-18-10-23(21-15)8-11-2-1-3-13(17)6-11/h1-3,6-7,9-10H,4-5,8H2,(H,20,21,24). The molecule has 0 saturated carbocycles. The lowest BCUT2D eigenvalue weighted by Gasteiger charge is -2.02. The van der Waals surface area contributed by atoms with E-state index in [4.69, 9.17) is 11.6 Å². The first-order valence-electron chi connectivity index (χ1n) is 7.20. The summed E-state index contributed by atoms with van der Waals surface area (Å²) in [6.07, 6.45) is 5.35. The van der Waals surface area contributed by atoms with Crippen LogP contribution in [0.1, 0.15) is 12.0 Å². The Morgan fingerprint density at radius 2 is 2.21 bits per heavy atom. The summed E-state index contributed by atoms with van der Waals surface area (Å²) in [5.41, 5.74) is 1.01. The molecule has 3 rings (SSSR count). The van der Waals surface area contributed by atoms with Gasteiger partial charge in [-0.15, -0.1) is 5.10 Å². The number of amides is 1. The molecule has 0 bridgehead atoms. The van der Waals surface area contributed by atoms with Crippen LogP contribution < -0.4 is 5.32 Å². The minimum absolute atomic E-state index is 0.165. The third-order valence-corrected chi connectivity index (χ3v) is 3.84. The van der Waals surface area contributed by atoms with Gasteiger partial charge >= 0.3 is 0 Å². The highest BCUT2D eigenvalue weighted by molar-refractivity contribution is 9.10. The fraction of sp³-hybridized carbons (Fsp3) is 0.200. The van der Waals surface area contributed by atoms with Crippen molar-refractivity contribution in [3.8, 4) is 0 Å². The molecule has 124 valence electrons. The number of hydrogen-bond acceptors (Lipinski definition) is 4. The highest BCUT2D eigenvalue weighted by Crippen LogP contribution is 2.12. The predicted molar refractivity (Wildman–Crippen MR) is 93.7 cm³/mol. The van der Waals surface area contributed by atoms with E-state index in [0.29, 0.717) is 18.1 Å². The van der Waals surface area contributed by atoms with E-state index in [9.17, 15) is 4.79 Å². The van der Waals surface area contributed by atoms with Crippen LogP contribution in [0.4, 0.5) is 5.95 Å². The number of carbonyl (C=O) groups excluding carboxylic acids is 1. The molecule has 0 fully saturated rings. The topological polar surface area (TPSA) is 77.6 Å². The van der Waals surface area contributed by atoms with Gasteiger partial charge in [0.2, 0.25) is 11.9 Å². The molecule has 1 N–H and O–H groups in total. The molecule has 1 amide bonds. The molecule has 9 heteroatoms. The van der Waals surface area contributed by atoms with E-state index in [-0.39, 0.29) is 18.3 Å². The number of hydrogen-bond donors (Lipinski definition) is 1. The molecule has 2 heterocycles. The van der Waals surface area contributed by atoms with Crippen LogP contribution in [0.15, 0.2) is 47.5 Å². The molecule has 0 spiro atoms. The molecule has 24 heavy (non-hydrogen) atoms. The molecular weight excluding hydrogens is 396 g/mol. The van der Waals surface area contributed by atoms with Crippen molar-refractivity contribution in [3.63, 3.8) is 0 Å². The van der Waals surface area contributed by atoms with Gasteiger partial charge in [-0.05, 0) is 33.6 Å². The summed E-state index contributed by atoms with van der Waals surface area (Å²) in [6, 6.07) is 7.51. The fourth-order valence-corrected chi connectivity index (χ4v) is 2.66. The van der Waals surface area contributed by atoms with Crippen molar-refractivity contribution in [2.24, 2.45) is 0 Å². The quantitative estimate of drug-likeness (QED) is 0.679. The van der Waals surface area contributed by atoms with Gasteiger partial charge < -0.3 is 0 Å². The lowest BCUT2D eigenvalue weighted by molar-refractivity contribution is -0.116. The normalized spacial score (nSPS) is 10.8. The number of carbonyl (C=O) groups is 1. The third-order valence-electron chi connectivity index (χ3n) is 3.19. The maximum absolute atomic E-state index is 11.9. The van der Waals surface area contributed by atoms with E-state index in [1.807, 2.05) is 30.5 Å². The van der Waals surface area contributed by atoms with Crippen LogP contribution in [0, 0.1) is 0 Å². The second-order valence-electron chi connectivity index (χ2n) is 5.12. The van der Waals surface area contributed by atoms with Crippen LogP contribution in [0.3, 0.4) is 0 Å². The Balaban J connectivity index is 1.52.